The standard InChI is InChI=1S/C17H22N4O.2ClH/c1-13(2)20-7-9-21(10-8-20)17-12-18-16(11-19-17)14-3-5-15(22)6-4-14;;/h3-6,11-13,22H,7-10H2,1-2H3;2*1H. The van der Waals surface area contributed by atoms with Crippen LogP contribution >= 0.6 is 24.8 Å². The number of rotatable bonds is 3. The topological polar surface area (TPSA) is 52.5 Å². The van der Waals surface area contributed by atoms with Crippen molar-refractivity contribution >= 4 is 30.6 Å². The molecule has 0 amide bonds. The zero-order chi connectivity index (χ0) is 15.5. The second kappa shape index (κ2) is 9.06. The van der Waals surface area contributed by atoms with Crippen molar-refractivity contribution in [3.05, 3.63) is 36.7 Å². The van der Waals surface area contributed by atoms with Crippen LogP contribution in [-0.4, -0.2) is 52.2 Å². The van der Waals surface area contributed by atoms with E-state index in [0.29, 0.717) is 6.04 Å². The molecule has 24 heavy (non-hydrogen) atoms. The number of anilines is 1. The van der Waals surface area contributed by atoms with Crippen molar-refractivity contribution in [2.45, 2.75) is 19.9 Å². The van der Waals surface area contributed by atoms with Crippen LogP contribution in [0.2, 0.25) is 0 Å². The minimum atomic E-state index is 0. The molecule has 0 saturated carbocycles. The average molecular weight is 371 g/mol. The number of phenolic OH excluding ortho intramolecular Hbond substituents is 1. The van der Waals surface area contributed by atoms with E-state index >= 15 is 0 Å². The molecule has 1 aromatic carbocycles. The molecular formula is C17H24Cl2N4O. The van der Waals surface area contributed by atoms with Gasteiger partial charge in [-0.3, -0.25) is 9.88 Å². The number of nitrogens with zero attached hydrogens (tertiary/aromatic N) is 4. The van der Waals surface area contributed by atoms with E-state index in [2.05, 4.69) is 33.6 Å². The Morgan fingerprint density at radius 2 is 1.54 bits per heavy atom. The van der Waals surface area contributed by atoms with Gasteiger partial charge in [0.1, 0.15) is 11.6 Å². The second-order valence-electron chi connectivity index (χ2n) is 5.92. The van der Waals surface area contributed by atoms with Crippen LogP contribution in [0, 0.1) is 0 Å². The monoisotopic (exact) mass is 370 g/mol. The Hall–Kier alpha value is -1.56. The number of phenols is 1. The Morgan fingerprint density at radius 1 is 0.917 bits per heavy atom. The van der Waals surface area contributed by atoms with Crippen molar-refractivity contribution in [2.75, 3.05) is 31.1 Å². The maximum Gasteiger partial charge on any atom is 0.147 e. The van der Waals surface area contributed by atoms with Gasteiger partial charge in [-0.2, -0.15) is 0 Å². The lowest BCUT2D eigenvalue weighted by molar-refractivity contribution is 0.209. The summed E-state index contributed by atoms with van der Waals surface area (Å²) in [7, 11) is 0. The fraction of sp³-hybridized carbons (Fsp3) is 0.412. The molecule has 0 unspecified atom stereocenters. The van der Waals surface area contributed by atoms with E-state index in [4.69, 9.17) is 0 Å². The molecule has 1 saturated heterocycles. The number of halogens is 2. The average Bonchev–Trinajstić information content (AvgIpc) is 2.56. The third kappa shape index (κ3) is 4.72. The number of aromatic hydroxyl groups is 1. The lowest BCUT2D eigenvalue weighted by Gasteiger charge is -2.37. The molecule has 1 aromatic heterocycles. The summed E-state index contributed by atoms with van der Waals surface area (Å²) in [5.41, 5.74) is 1.78. The first-order chi connectivity index (χ1) is 10.6. The molecule has 132 valence electrons. The van der Waals surface area contributed by atoms with E-state index in [9.17, 15) is 5.11 Å². The van der Waals surface area contributed by atoms with Crippen LogP contribution in [-0.2, 0) is 0 Å². The smallest absolute Gasteiger partial charge is 0.147 e. The fourth-order valence-electron chi connectivity index (χ4n) is 2.73. The van der Waals surface area contributed by atoms with E-state index < -0.39 is 0 Å². The van der Waals surface area contributed by atoms with Gasteiger partial charge in [0.2, 0.25) is 0 Å². The van der Waals surface area contributed by atoms with Gasteiger partial charge in [0.25, 0.3) is 0 Å². The molecule has 1 aliphatic rings. The molecule has 1 N–H and O–H groups in total. The molecule has 0 atom stereocenters. The summed E-state index contributed by atoms with van der Waals surface area (Å²) in [6, 6.07) is 7.62. The SMILES string of the molecule is CC(C)N1CCN(c2cnc(-c3ccc(O)cc3)cn2)CC1.Cl.Cl. The number of aromatic nitrogens is 2. The van der Waals surface area contributed by atoms with Crippen LogP contribution < -0.4 is 4.90 Å². The Bertz CT molecular complexity index is 611. The van der Waals surface area contributed by atoms with Gasteiger partial charge in [0.15, 0.2) is 0 Å². The van der Waals surface area contributed by atoms with E-state index in [-0.39, 0.29) is 30.6 Å². The highest BCUT2D eigenvalue weighted by atomic mass is 35.5. The Balaban J connectivity index is 0.00000144. The highest BCUT2D eigenvalue weighted by Gasteiger charge is 2.19. The number of benzene rings is 1. The summed E-state index contributed by atoms with van der Waals surface area (Å²) in [5.74, 6) is 1.20. The van der Waals surface area contributed by atoms with Crippen molar-refractivity contribution in [1.29, 1.82) is 0 Å². The first kappa shape index (κ1) is 20.5. The van der Waals surface area contributed by atoms with E-state index in [1.165, 1.54) is 0 Å². The fourth-order valence-corrected chi connectivity index (χ4v) is 2.73. The Kier molecular flexibility index (Phi) is 7.73. The van der Waals surface area contributed by atoms with Crippen LogP contribution in [0.3, 0.4) is 0 Å². The molecule has 2 heterocycles. The third-order valence-corrected chi connectivity index (χ3v) is 4.17. The van der Waals surface area contributed by atoms with Crippen LogP contribution in [0.15, 0.2) is 36.7 Å². The van der Waals surface area contributed by atoms with Crippen molar-refractivity contribution in [3.63, 3.8) is 0 Å². The second-order valence-corrected chi connectivity index (χ2v) is 5.92. The molecule has 0 spiro atoms. The summed E-state index contributed by atoms with van der Waals surface area (Å²) < 4.78 is 0. The first-order valence-corrected chi connectivity index (χ1v) is 7.74. The molecule has 0 radical (unpaired) electrons. The normalized spacial score (nSPS) is 14.9. The highest BCUT2D eigenvalue weighted by molar-refractivity contribution is 5.85. The van der Waals surface area contributed by atoms with Gasteiger partial charge in [-0.05, 0) is 38.1 Å². The van der Waals surface area contributed by atoms with E-state index in [1.807, 2.05) is 18.3 Å². The molecule has 1 fully saturated rings. The molecule has 2 aromatic rings. The molecule has 5 nitrogen and oxygen atoms in total. The third-order valence-electron chi connectivity index (χ3n) is 4.17. The minimum absolute atomic E-state index is 0. The Morgan fingerprint density at radius 3 is 2.04 bits per heavy atom. The van der Waals surface area contributed by atoms with Gasteiger partial charge < -0.3 is 10.0 Å². The van der Waals surface area contributed by atoms with Crippen molar-refractivity contribution in [2.24, 2.45) is 0 Å². The van der Waals surface area contributed by atoms with Gasteiger partial charge in [-0.25, -0.2) is 4.98 Å². The number of hydrogen-bond donors (Lipinski definition) is 1. The summed E-state index contributed by atoms with van der Waals surface area (Å²) in [5, 5.41) is 9.33. The van der Waals surface area contributed by atoms with Crippen LogP contribution in [0.25, 0.3) is 11.3 Å². The number of hydrogen-bond acceptors (Lipinski definition) is 5. The summed E-state index contributed by atoms with van der Waals surface area (Å²) >= 11 is 0. The maximum absolute atomic E-state index is 9.33. The largest absolute Gasteiger partial charge is 0.508 e. The van der Waals surface area contributed by atoms with Crippen molar-refractivity contribution < 1.29 is 5.11 Å². The zero-order valence-electron chi connectivity index (χ0n) is 13.9. The van der Waals surface area contributed by atoms with Gasteiger partial charge in [0.05, 0.1) is 18.1 Å². The van der Waals surface area contributed by atoms with E-state index in [1.54, 1.807) is 18.3 Å². The van der Waals surface area contributed by atoms with Gasteiger partial charge in [-0.1, -0.05) is 0 Å². The van der Waals surface area contributed by atoms with Crippen LogP contribution in [0.4, 0.5) is 5.82 Å². The molecule has 7 heteroatoms. The van der Waals surface area contributed by atoms with Crippen LogP contribution in [0.5, 0.6) is 5.75 Å². The van der Waals surface area contributed by atoms with E-state index in [0.717, 1.165) is 43.3 Å². The summed E-state index contributed by atoms with van der Waals surface area (Å²) in [6.45, 7) is 8.60. The lowest BCUT2D eigenvalue weighted by atomic mass is 10.1. The molecule has 3 rings (SSSR count). The Labute approximate surface area is 155 Å². The van der Waals surface area contributed by atoms with Crippen LogP contribution in [0.1, 0.15) is 13.8 Å². The number of piperazine rings is 1. The minimum Gasteiger partial charge on any atom is -0.508 e. The zero-order valence-corrected chi connectivity index (χ0v) is 15.6. The van der Waals surface area contributed by atoms with Crippen molar-refractivity contribution in [1.82, 2.24) is 14.9 Å². The highest BCUT2D eigenvalue weighted by Crippen LogP contribution is 2.21. The predicted molar refractivity (Wildman–Crippen MR) is 103 cm³/mol. The lowest BCUT2D eigenvalue weighted by Crippen LogP contribution is -2.49. The summed E-state index contributed by atoms with van der Waals surface area (Å²) in [4.78, 5) is 13.8. The summed E-state index contributed by atoms with van der Waals surface area (Å²) in [6.07, 6.45) is 3.64. The van der Waals surface area contributed by atoms with Gasteiger partial charge in [-0.15, -0.1) is 24.8 Å². The van der Waals surface area contributed by atoms with Crippen molar-refractivity contribution in [3.8, 4) is 17.0 Å². The molecular weight excluding hydrogens is 347 g/mol. The maximum atomic E-state index is 9.33. The van der Waals surface area contributed by atoms with Gasteiger partial charge in [0, 0.05) is 37.8 Å². The molecule has 0 aliphatic carbocycles. The predicted octanol–water partition coefficient (Wildman–Crippen LogP) is 3.22. The quantitative estimate of drug-likeness (QED) is 0.898. The van der Waals surface area contributed by atoms with Gasteiger partial charge >= 0.3 is 0 Å². The molecule has 1 aliphatic heterocycles. The molecule has 0 bridgehead atoms. The first-order valence-electron chi connectivity index (χ1n) is 7.74.